The molecule has 20 heavy (non-hydrogen) atoms. The Kier molecular flexibility index (Phi) is 4.46. The van der Waals surface area contributed by atoms with Crippen LogP contribution in [-0.2, 0) is 6.54 Å². The van der Waals surface area contributed by atoms with Crippen LogP contribution >= 0.6 is 0 Å². The minimum atomic E-state index is 0.610. The minimum Gasteiger partial charge on any atom is -0.493 e. The Morgan fingerprint density at radius 1 is 1.05 bits per heavy atom. The van der Waals surface area contributed by atoms with Crippen LogP contribution in [0.5, 0.6) is 11.5 Å². The van der Waals surface area contributed by atoms with Crippen molar-refractivity contribution in [3.05, 3.63) is 53.6 Å². The van der Waals surface area contributed by atoms with Crippen molar-refractivity contribution in [2.75, 3.05) is 19.5 Å². The summed E-state index contributed by atoms with van der Waals surface area (Å²) in [5.41, 5.74) is 2.51. The minimum absolute atomic E-state index is 0.610. The average molecular weight is 268 g/mol. The third-order valence-electron chi connectivity index (χ3n) is 2.98. The number of anilines is 1. The van der Waals surface area contributed by atoms with Crippen LogP contribution in [0.1, 0.15) is 11.1 Å². The molecule has 0 unspecified atom stereocenters. The topological polar surface area (TPSA) is 54.3 Å². The lowest BCUT2D eigenvalue weighted by Gasteiger charge is -2.11. The van der Waals surface area contributed by atoms with Crippen LogP contribution in [0.25, 0.3) is 0 Å². The number of para-hydroxylation sites is 1. The molecule has 1 N–H and O–H groups in total. The molecule has 2 rings (SSSR count). The van der Waals surface area contributed by atoms with E-state index in [9.17, 15) is 0 Å². The van der Waals surface area contributed by atoms with Gasteiger partial charge in [0.2, 0.25) is 0 Å². The van der Waals surface area contributed by atoms with Crippen molar-refractivity contribution in [3.63, 3.8) is 0 Å². The number of hydrogen-bond acceptors (Lipinski definition) is 4. The first-order chi connectivity index (χ1) is 9.78. The van der Waals surface area contributed by atoms with Crippen LogP contribution in [0.3, 0.4) is 0 Å². The van der Waals surface area contributed by atoms with Crippen LogP contribution in [-0.4, -0.2) is 14.2 Å². The van der Waals surface area contributed by atoms with Gasteiger partial charge < -0.3 is 14.8 Å². The molecule has 0 bridgehead atoms. The van der Waals surface area contributed by atoms with Crippen LogP contribution in [0.15, 0.2) is 42.5 Å². The molecule has 0 aliphatic heterocycles. The number of nitrogens with zero attached hydrogens (tertiary/aromatic N) is 1. The summed E-state index contributed by atoms with van der Waals surface area (Å²) in [6.45, 7) is 0.610. The van der Waals surface area contributed by atoms with E-state index in [4.69, 9.17) is 14.7 Å². The zero-order valence-electron chi connectivity index (χ0n) is 11.5. The van der Waals surface area contributed by atoms with Crippen molar-refractivity contribution in [2.45, 2.75) is 6.54 Å². The van der Waals surface area contributed by atoms with E-state index >= 15 is 0 Å². The van der Waals surface area contributed by atoms with Gasteiger partial charge in [-0.3, -0.25) is 0 Å². The van der Waals surface area contributed by atoms with Gasteiger partial charge in [0.15, 0.2) is 11.5 Å². The van der Waals surface area contributed by atoms with Gasteiger partial charge in [-0.15, -0.1) is 0 Å². The quantitative estimate of drug-likeness (QED) is 0.904. The summed E-state index contributed by atoms with van der Waals surface area (Å²) < 4.78 is 10.5. The second-order valence-corrected chi connectivity index (χ2v) is 4.20. The highest BCUT2D eigenvalue weighted by Gasteiger charge is 2.05. The summed E-state index contributed by atoms with van der Waals surface area (Å²) in [5.74, 6) is 1.40. The molecule has 0 saturated carbocycles. The summed E-state index contributed by atoms with van der Waals surface area (Å²) in [6.07, 6.45) is 0. The molecule has 0 saturated heterocycles. The number of nitriles is 1. The smallest absolute Gasteiger partial charge is 0.161 e. The van der Waals surface area contributed by atoms with Gasteiger partial charge in [0.05, 0.1) is 25.5 Å². The molecule has 0 aromatic heterocycles. The highest BCUT2D eigenvalue weighted by atomic mass is 16.5. The first-order valence-electron chi connectivity index (χ1n) is 6.22. The van der Waals surface area contributed by atoms with E-state index in [0.717, 1.165) is 11.3 Å². The number of ether oxygens (including phenoxy) is 2. The summed E-state index contributed by atoms with van der Waals surface area (Å²) in [7, 11) is 3.22. The highest BCUT2D eigenvalue weighted by molar-refractivity contribution is 5.57. The average Bonchev–Trinajstić information content (AvgIpc) is 2.52. The second kappa shape index (κ2) is 6.48. The maximum Gasteiger partial charge on any atom is 0.161 e. The number of benzene rings is 2. The highest BCUT2D eigenvalue weighted by Crippen LogP contribution is 2.28. The summed E-state index contributed by atoms with van der Waals surface area (Å²) in [6, 6.07) is 15.3. The molecule has 102 valence electrons. The Hall–Kier alpha value is -2.67. The number of hydrogen-bond donors (Lipinski definition) is 1. The Labute approximate surface area is 118 Å². The molecule has 0 aliphatic carbocycles. The summed E-state index contributed by atoms with van der Waals surface area (Å²) in [5, 5.41) is 12.3. The van der Waals surface area contributed by atoms with E-state index in [2.05, 4.69) is 11.4 Å². The van der Waals surface area contributed by atoms with E-state index in [-0.39, 0.29) is 0 Å². The zero-order chi connectivity index (χ0) is 14.4. The van der Waals surface area contributed by atoms with Gasteiger partial charge in [0.25, 0.3) is 0 Å². The van der Waals surface area contributed by atoms with Crippen molar-refractivity contribution in [1.82, 2.24) is 0 Å². The fraction of sp³-hybridized carbons (Fsp3) is 0.188. The van der Waals surface area contributed by atoms with E-state index in [1.165, 1.54) is 0 Å². The normalized spacial score (nSPS) is 9.65. The van der Waals surface area contributed by atoms with Crippen molar-refractivity contribution >= 4 is 5.69 Å². The van der Waals surface area contributed by atoms with Crippen molar-refractivity contribution in [1.29, 1.82) is 5.26 Å². The third kappa shape index (κ3) is 3.01. The van der Waals surface area contributed by atoms with Crippen molar-refractivity contribution in [3.8, 4) is 17.6 Å². The van der Waals surface area contributed by atoms with Crippen LogP contribution in [0.4, 0.5) is 5.69 Å². The van der Waals surface area contributed by atoms with Crippen LogP contribution in [0.2, 0.25) is 0 Å². The van der Waals surface area contributed by atoms with Gasteiger partial charge in [0.1, 0.15) is 6.07 Å². The van der Waals surface area contributed by atoms with Crippen molar-refractivity contribution in [2.24, 2.45) is 0 Å². The maximum absolute atomic E-state index is 9.04. The molecule has 0 aliphatic rings. The fourth-order valence-electron chi connectivity index (χ4n) is 1.92. The molecule has 4 heteroatoms. The standard InChI is InChI=1S/C16H16N2O2/c1-19-15-8-7-12(9-16(15)20-2)11-18-14-6-4-3-5-13(14)10-17/h3-9,18H,11H2,1-2H3. The van der Waals surface area contributed by atoms with Crippen molar-refractivity contribution < 1.29 is 9.47 Å². The fourth-order valence-corrected chi connectivity index (χ4v) is 1.92. The van der Waals surface area contributed by atoms with E-state index in [1.54, 1.807) is 20.3 Å². The molecule has 0 heterocycles. The van der Waals surface area contributed by atoms with E-state index in [0.29, 0.717) is 23.6 Å². The molecule has 0 fully saturated rings. The number of rotatable bonds is 5. The van der Waals surface area contributed by atoms with E-state index < -0.39 is 0 Å². The Morgan fingerprint density at radius 2 is 1.80 bits per heavy atom. The van der Waals surface area contributed by atoms with Gasteiger partial charge in [-0.05, 0) is 29.8 Å². The van der Waals surface area contributed by atoms with Crippen LogP contribution in [0, 0.1) is 11.3 Å². The predicted octanol–water partition coefficient (Wildman–Crippen LogP) is 3.19. The first-order valence-corrected chi connectivity index (χ1v) is 6.22. The molecule has 0 atom stereocenters. The zero-order valence-corrected chi connectivity index (χ0v) is 11.5. The maximum atomic E-state index is 9.04. The van der Waals surface area contributed by atoms with Gasteiger partial charge >= 0.3 is 0 Å². The van der Waals surface area contributed by atoms with E-state index in [1.807, 2.05) is 36.4 Å². The number of nitrogens with one attached hydrogen (secondary N) is 1. The van der Waals surface area contributed by atoms with Gasteiger partial charge in [-0.2, -0.15) is 5.26 Å². The van der Waals surface area contributed by atoms with Crippen LogP contribution < -0.4 is 14.8 Å². The summed E-state index contributed by atoms with van der Waals surface area (Å²) in [4.78, 5) is 0. The molecular weight excluding hydrogens is 252 g/mol. The predicted molar refractivity (Wildman–Crippen MR) is 78.0 cm³/mol. The molecular formula is C16H16N2O2. The Bertz CT molecular complexity index is 633. The largest absolute Gasteiger partial charge is 0.493 e. The molecule has 2 aromatic carbocycles. The molecule has 4 nitrogen and oxygen atoms in total. The summed E-state index contributed by atoms with van der Waals surface area (Å²) >= 11 is 0. The van der Waals surface area contributed by atoms with Gasteiger partial charge in [-0.25, -0.2) is 0 Å². The lowest BCUT2D eigenvalue weighted by Crippen LogP contribution is -2.02. The lowest BCUT2D eigenvalue weighted by atomic mass is 10.1. The lowest BCUT2D eigenvalue weighted by molar-refractivity contribution is 0.354. The Balaban J connectivity index is 2.13. The Morgan fingerprint density at radius 3 is 2.50 bits per heavy atom. The number of methoxy groups -OCH3 is 2. The third-order valence-corrected chi connectivity index (χ3v) is 2.98. The molecule has 0 radical (unpaired) electrons. The SMILES string of the molecule is COc1ccc(CNc2ccccc2C#N)cc1OC. The molecule has 0 spiro atoms. The second-order valence-electron chi connectivity index (χ2n) is 4.20. The molecule has 0 amide bonds. The molecule has 2 aromatic rings. The van der Waals surface area contributed by atoms with Gasteiger partial charge in [-0.1, -0.05) is 18.2 Å². The monoisotopic (exact) mass is 268 g/mol. The van der Waals surface area contributed by atoms with Gasteiger partial charge in [0, 0.05) is 6.54 Å². The first kappa shape index (κ1) is 13.8.